The lowest BCUT2D eigenvalue weighted by molar-refractivity contribution is 0.109. The molecule has 0 aromatic carbocycles. The standard InChI is InChI=1S/C12H18N4O/c1-16(10-2-4-13-7-10)12-14-6-9-8-17-5-3-11(9)15-12/h6,10,13H,2-5,7-8H2,1H3. The first-order valence-electron chi connectivity index (χ1n) is 6.20. The van der Waals surface area contributed by atoms with Gasteiger partial charge in [0, 0.05) is 37.8 Å². The Balaban J connectivity index is 1.82. The Hall–Kier alpha value is -1.20. The highest BCUT2D eigenvalue weighted by Crippen LogP contribution is 2.19. The van der Waals surface area contributed by atoms with Gasteiger partial charge in [0.25, 0.3) is 0 Å². The molecule has 0 bridgehead atoms. The first-order valence-corrected chi connectivity index (χ1v) is 6.20. The highest BCUT2D eigenvalue weighted by molar-refractivity contribution is 5.34. The molecule has 0 amide bonds. The van der Waals surface area contributed by atoms with Gasteiger partial charge in [0.15, 0.2) is 0 Å². The van der Waals surface area contributed by atoms with E-state index in [0.717, 1.165) is 43.3 Å². The maximum atomic E-state index is 5.39. The highest BCUT2D eigenvalue weighted by atomic mass is 16.5. The summed E-state index contributed by atoms with van der Waals surface area (Å²) >= 11 is 0. The number of rotatable bonds is 2. The monoisotopic (exact) mass is 234 g/mol. The average molecular weight is 234 g/mol. The van der Waals surface area contributed by atoms with Crippen molar-refractivity contribution in [2.24, 2.45) is 0 Å². The van der Waals surface area contributed by atoms with Gasteiger partial charge in [-0.05, 0) is 13.0 Å². The number of ether oxygens (including phenoxy) is 1. The lowest BCUT2D eigenvalue weighted by Gasteiger charge is -2.25. The van der Waals surface area contributed by atoms with E-state index in [-0.39, 0.29) is 0 Å². The molecule has 3 rings (SSSR count). The van der Waals surface area contributed by atoms with Gasteiger partial charge in [-0.1, -0.05) is 0 Å². The Morgan fingerprint density at radius 2 is 2.47 bits per heavy atom. The molecule has 0 saturated carbocycles. The normalized spacial score (nSPS) is 23.5. The van der Waals surface area contributed by atoms with Crippen LogP contribution < -0.4 is 10.2 Å². The molecule has 2 aliphatic rings. The Labute approximate surface area is 101 Å². The van der Waals surface area contributed by atoms with Crippen LogP contribution in [0.3, 0.4) is 0 Å². The third-order valence-corrected chi connectivity index (χ3v) is 3.58. The predicted molar refractivity (Wildman–Crippen MR) is 65.1 cm³/mol. The van der Waals surface area contributed by atoms with Gasteiger partial charge < -0.3 is 15.0 Å². The molecule has 0 spiro atoms. The SMILES string of the molecule is CN(c1ncc2c(n1)CCOC2)C1CCNC1. The van der Waals surface area contributed by atoms with E-state index in [4.69, 9.17) is 4.74 Å². The Morgan fingerprint density at radius 1 is 1.53 bits per heavy atom. The maximum Gasteiger partial charge on any atom is 0.225 e. The van der Waals surface area contributed by atoms with Crippen molar-refractivity contribution in [1.29, 1.82) is 0 Å². The second kappa shape index (κ2) is 4.58. The molecule has 5 heteroatoms. The van der Waals surface area contributed by atoms with Crippen LogP contribution in [0.2, 0.25) is 0 Å². The number of fused-ring (bicyclic) bond motifs is 1. The van der Waals surface area contributed by atoms with Gasteiger partial charge in [-0.25, -0.2) is 9.97 Å². The van der Waals surface area contributed by atoms with E-state index < -0.39 is 0 Å². The second-order valence-corrected chi connectivity index (χ2v) is 4.70. The second-order valence-electron chi connectivity index (χ2n) is 4.70. The number of aromatic nitrogens is 2. The molecular weight excluding hydrogens is 216 g/mol. The van der Waals surface area contributed by atoms with Crippen molar-refractivity contribution >= 4 is 5.95 Å². The molecule has 5 nitrogen and oxygen atoms in total. The predicted octanol–water partition coefficient (Wildman–Crippen LogP) is 0.347. The van der Waals surface area contributed by atoms with E-state index in [1.807, 2.05) is 6.20 Å². The molecular formula is C12H18N4O. The van der Waals surface area contributed by atoms with E-state index in [1.165, 1.54) is 6.42 Å². The van der Waals surface area contributed by atoms with Crippen LogP contribution in [0.25, 0.3) is 0 Å². The topological polar surface area (TPSA) is 50.3 Å². The van der Waals surface area contributed by atoms with Crippen LogP contribution in [-0.2, 0) is 17.8 Å². The van der Waals surface area contributed by atoms with Crippen LogP contribution in [0.15, 0.2) is 6.20 Å². The number of hydrogen-bond acceptors (Lipinski definition) is 5. The zero-order valence-electron chi connectivity index (χ0n) is 10.1. The molecule has 1 saturated heterocycles. The van der Waals surface area contributed by atoms with Gasteiger partial charge in [0.2, 0.25) is 5.95 Å². The number of likely N-dealkylation sites (N-methyl/N-ethyl adjacent to an activating group) is 1. The highest BCUT2D eigenvalue weighted by Gasteiger charge is 2.22. The Bertz CT molecular complexity index is 403. The van der Waals surface area contributed by atoms with Crippen molar-refractivity contribution in [3.8, 4) is 0 Å². The molecule has 1 fully saturated rings. The summed E-state index contributed by atoms with van der Waals surface area (Å²) in [5, 5.41) is 3.37. The zero-order valence-corrected chi connectivity index (χ0v) is 10.1. The molecule has 92 valence electrons. The molecule has 1 unspecified atom stereocenters. The number of nitrogens with one attached hydrogen (secondary N) is 1. The van der Waals surface area contributed by atoms with E-state index in [2.05, 4.69) is 27.2 Å². The van der Waals surface area contributed by atoms with Crippen molar-refractivity contribution in [2.45, 2.75) is 25.5 Å². The fourth-order valence-corrected chi connectivity index (χ4v) is 2.42. The molecule has 17 heavy (non-hydrogen) atoms. The van der Waals surface area contributed by atoms with E-state index in [9.17, 15) is 0 Å². The van der Waals surface area contributed by atoms with Crippen LogP contribution in [0, 0.1) is 0 Å². The van der Waals surface area contributed by atoms with Gasteiger partial charge in [-0.2, -0.15) is 0 Å². The molecule has 2 aliphatic heterocycles. The summed E-state index contributed by atoms with van der Waals surface area (Å²) in [5.41, 5.74) is 2.29. The van der Waals surface area contributed by atoms with Gasteiger partial charge in [0.05, 0.1) is 18.9 Å². The van der Waals surface area contributed by atoms with Crippen molar-refractivity contribution in [3.05, 3.63) is 17.5 Å². The minimum atomic E-state index is 0.521. The summed E-state index contributed by atoms with van der Waals surface area (Å²) in [6.45, 7) is 3.55. The van der Waals surface area contributed by atoms with E-state index in [0.29, 0.717) is 12.6 Å². The quantitative estimate of drug-likeness (QED) is 0.800. The summed E-state index contributed by atoms with van der Waals surface area (Å²) in [5.74, 6) is 0.847. The lowest BCUT2D eigenvalue weighted by Crippen LogP contribution is -2.35. The van der Waals surface area contributed by atoms with Crippen LogP contribution >= 0.6 is 0 Å². The fourth-order valence-electron chi connectivity index (χ4n) is 2.42. The molecule has 1 aromatic heterocycles. The fraction of sp³-hybridized carbons (Fsp3) is 0.667. The number of nitrogens with zero attached hydrogens (tertiary/aromatic N) is 3. The molecule has 0 aliphatic carbocycles. The van der Waals surface area contributed by atoms with E-state index >= 15 is 0 Å². The minimum absolute atomic E-state index is 0.521. The first kappa shape index (κ1) is 10.9. The zero-order chi connectivity index (χ0) is 11.7. The lowest BCUT2D eigenvalue weighted by atomic mass is 10.1. The summed E-state index contributed by atoms with van der Waals surface area (Å²) in [6, 6.07) is 0.521. The van der Waals surface area contributed by atoms with Gasteiger partial charge >= 0.3 is 0 Å². The van der Waals surface area contributed by atoms with Crippen LogP contribution in [0.1, 0.15) is 17.7 Å². The van der Waals surface area contributed by atoms with Gasteiger partial charge in [-0.3, -0.25) is 0 Å². The summed E-state index contributed by atoms with van der Waals surface area (Å²) in [7, 11) is 2.08. The minimum Gasteiger partial charge on any atom is -0.376 e. The Kier molecular flexibility index (Phi) is 2.94. The summed E-state index contributed by atoms with van der Waals surface area (Å²) < 4.78 is 5.39. The smallest absolute Gasteiger partial charge is 0.225 e. The van der Waals surface area contributed by atoms with Crippen molar-refractivity contribution in [3.63, 3.8) is 0 Å². The van der Waals surface area contributed by atoms with Crippen molar-refractivity contribution in [1.82, 2.24) is 15.3 Å². The first-order chi connectivity index (χ1) is 8.34. The number of hydrogen-bond donors (Lipinski definition) is 1. The summed E-state index contributed by atoms with van der Waals surface area (Å²) in [4.78, 5) is 11.3. The van der Waals surface area contributed by atoms with Gasteiger partial charge in [-0.15, -0.1) is 0 Å². The molecule has 3 heterocycles. The van der Waals surface area contributed by atoms with Crippen LogP contribution in [-0.4, -0.2) is 42.8 Å². The maximum absolute atomic E-state index is 5.39. The Morgan fingerprint density at radius 3 is 3.29 bits per heavy atom. The average Bonchev–Trinajstić information content (AvgIpc) is 2.91. The molecule has 1 N–H and O–H groups in total. The largest absolute Gasteiger partial charge is 0.376 e. The number of anilines is 1. The van der Waals surface area contributed by atoms with Crippen LogP contribution in [0.5, 0.6) is 0 Å². The van der Waals surface area contributed by atoms with Crippen molar-refractivity contribution < 1.29 is 4.74 Å². The van der Waals surface area contributed by atoms with E-state index in [1.54, 1.807) is 0 Å². The third kappa shape index (κ3) is 2.12. The molecule has 1 atom stereocenters. The van der Waals surface area contributed by atoms with Gasteiger partial charge in [0.1, 0.15) is 0 Å². The third-order valence-electron chi connectivity index (χ3n) is 3.58. The van der Waals surface area contributed by atoms with Crippen LogP contribution in [0.4, 0.5) is 5.95 Å². The summed E-state index contributed by atoms with van der Waals surface area (Å²) in [6.07, 6.45) is 3.98. The molecule has 0 radical (unpaired) electrons. The van der Waals surface area contributed by atoms with Crippen molar-refractivity contribution in [2.75, 3.05) is 31.6 Å². The molecule has 1 aromatic rings.